The van der Waals surface area contributed by atoms with Crippen molar-refractivity contribution < 1.29 is 19.7 Å². The lowest BCUT2D eigenvalue weighted by Crippen LogP contribution is -2.64. The van der Waals surface area contributed by atoms with Gasteiger partial charge in [0.05, 0.1) is 11.7 Å². The first kappa shape index (κ1) is 39.9. The molecule has 0 saturated heterocycles. The molecule has 0 aromatic carbocycles. The highest BCUT2D eigenvalue weighted by atomic mass is 16.5. The Morgan fingerprint density at radius 2 is 1.40 bits per heavy atom. The lowest BCUT2D eigenvalue weighted by Gasteiger charge is -2.70. The minimum Gasteiger partial charge on any atom is -0.462 e. The fourth-order valence-electron chi connectivity index (χ4n) is 12.7. The highest BCUT2D eigenvalue weighted by Gasteiger charge is 2.69. The van der Waals surface area contributed by atoms with Gasteiger partial charge in [0, 0.05) is 11.8 Å². The molecule has 10 atom stereocenters. The summed E-state index contributed by atoms with van der Waals surface area (Å²) in [6.07, 6.45) is 24.8. The van der Waals surface area contributed by atoms with Crippen LogP contribution in [0.15, 0.2) is 12.2 Å². The molecule has 4 aliphatic carbocycles. The van der Waals surface area contributed by atoms with E-state index >= 15 is 0 Å². The maximum absolute atomic E-state index is 13.1. The normalized spacial score (nSPS) is 37.5. The summed E-state index contributed by atoms with van der Waals surface area (Å²) in [5.74, 6) is 2.06. The van der Waals surface area contributed by atoms with Gasteiger partial charge in [-0.1, -0.05) is 118 Å². The molecule has 4 heteroatoms. The number of hydrogen-bond acceptors (Lipinski definition) is 4. The summed E-state index contributed by atoms with van der Waals surface area (Å²) in [5.41, 5.74) is 0.712. The lowest BCUT2D eigenvalue weighted by molar-refractivity contribution is -0.230. The van der Waals surface area contributed by atoms with Crippen LogP contribution in [0.25, 0.3) is 0 Å². The van der Waals surface area contributed by atoms with E-state index in [2.05, 4.69) is 48.1 Å². The minimum absolute atomic E-state index is 0.0209. The van der Waals surface area contributed by atoms with E-state index in [4.69, 9.17) is 4.74 Å². The quantitative estimate of drug-likeness (QED) is 0.0865. The van der Waals surface area contributed by atoms with Gasteiger partial charge in [0.2, 0.25) is 0 Å². The molecule has 4 saturated carbocycles. The molecule has 48 heavy (non-hydrogen) atoms. The number of esters is 1. The highest BCUT2D eigenvalue weighted by Crippen LogP contribution is 2.76. The molecule has 4 fully saturated rings. The molecule has 0 amide bonds. The van der Waals surface area contributed by atoms with Crippen molar-refractivity contribution in [3.63, 3.8) is 0 Å². The summed E-state index contributed by atoms with van der Waals surface area (Å²) in [7, 11) is 0. The third-order valence-electron chi connectivity index (χ3n) is 15.9. The van der Waals surface area contributed by atoms with Crippen molar-refractivity contribution in [2.45, 2.75) is 214 Å². The van der Waals surface area contributed by atoms with Crippen LogP contribution in [0.5, 0.6) is 0 Å². The third kappa shape index (κ3) is 8.11. The number of ether oxygens (including phenoxy) is 1. The second-order valence-electron chi connectivity index (χ2n) is 19.2. The topological polar surface area (TPSA) is 66.8 Å². The van der Waals surface area contributed by atoms with Crippen LogP contribution in [0.1, 0.15) is 197 Å². The summed E-state index contributed by atoms with van der Waals surface area (Å²) in [5, 5.41) is 22.3. The molecule has 4 rings (SSSR count). The second kappa shape index (κ2) is 16.2. The van der Waals surface area contributed by atoms with Gasteiger partial charge < -0.3 is 14.9 Å². The summed E-state index contributed by atoms with van der Waals surface area (Å²) in [6, 6.07) is 0. The average molecular weight is 671 g/mol. The van der Waals surface area contributed by atoms with Crippen molar-refractivity contribution in [3.05, 3.63) is 12.2 Å². The molecule has 0 aromatic heterocycles. The molecule has 2 N–H and O–H groups in total. The Kier molecular flexibility index (Phi) is 13.5. The van der Waals surface area contributed by atoms with Gasteiger partial charge in [-0.05, 0) is 124 Å². The van der Waals surface area contributed by atoms with Gasteiger partial charge in [-0.25, -0.2) is 0 Å². The molecule has 4 nitrogen and oxygen atoms in total. The first-order chi connectivity index (χ1) is 22.5. The Balaban J connectivity index is 1.31. The standard InChI is InChI=1S/C44H78O4/c1-10-11-12-13-14-15-16-17-18-19-20-21-39(46)48-38-27-28-41(6)36(40(38,4)5)26-30-43(8)37(41)23-22-33-34(24-29-42(33,43)7)44(9,47)31-25-35(45)32(2)3/h33-38,45,47H,2,10-31H2,1,3-9H3/t33-,34+,35-,36+,37-,38+,41+,42-,43-,44+/m1/s1. The largest absolute Gasteiger partial charge is 0.462 e. The summed E-state index contributed by atoms with van der Waals surface area (Å²) in [4.78, 5) is 13.1. The summed E-state index contributed by atoms with van der Waals surface area (Å²) in [6.45, 7) is 22.8. The molecule has 4 aliphatic rings. The van der Waals surface area contributed by atoms with Gasteiger partial charge in [-0.15, -0.1) is 0 Å². The van der Waals surface area contributed by atoms with Gasteiger partial charge in [0.1, 0.15) is 6.10 Å². The molecular weight excluding hydrogens is 592 g/mol. The smallest absolute Gasteiger partial charge is 0.306 e. The number of carbonyl (C=O) groups excluding carboxylic acids is 1. The second-order valence-corrected chi connectivity index (χ2v) is 19.2. The van der Waals surface area contributed by atoms with Gasteiger partial charge in [0.25, 0.3) is 0 Å². The van der Waals surface area contributed by atoms with E-state index in [9.17, 15) is 15.0 Å². The monoisotopic (exact) mass is 671 g/mol. The molecule has 0 aliphatic heterocycles. The van der Waals surface area contributed by atoms with Crippen LogP contribution in [-0.4, -0.2) is 34.0 Å². The van der Waals surface area contributed by atoms with Crippen LogP contribution in [0.4, 0.5) is 0 Å². The fraction of sp³-hybridized carbons (Fsp3) is 0.932. The van der Waals surface area contributed by atoms with Crippen molar-refractivity contribution in [3.8, 4) is 0 Å². The zero-order valence-electron chi connectivity index (χ0n) is 32.9. The summed E-state index contributed by atoms with van der Waals surface area (Å²) >= 11 is 0. The number of rotatable bonds is 18. The predicted octanol–water partition coefficient (Wildman–Crippen LogP) is 11.8. The molecule has 0 heterocycles. The SMILES string of the molecule is C=C(C)[C@H](O)CC[C@](C)(O)[C@H]1CC[C@]2(C)[C@@H]1CC[C@@H]1[C@@]3(C)CC[C@H](OC(=O)CCCCCCCCCCCCC)C(C)(C)[C@@H]3CC[C@]12C. The Bertz CT molecular complexity index is 1060. The Morgan fingerprint density at radius 3 is 2.00 bits per heavy atom. The van der Waals surface area contributed by atoms with Crippen molar-refractivity contribution in [1.82, 2.24) is 0 Å². The molecule has 278 valence electrons. The predicted molar refractivity (Wildman–Crippen MR) is 201 cm³/mol. The zero-order chi connectivity index (χ0) is 35.4. The number of hydrogen-bond donors (Lipinski definition) is 2. The van der Waals surface area contributed by atoms with E-state index in [-0.39, 0.29) is 39.7 Å². The zero-order valence-corrected chi connectivity index (χ0v) is 32.9. The first-order valence-electron chi connectivity index (χ1n) is 20.8. The lowest BCUT2D eigenvalue weighted by atomic mass is 9.35. The van der Waals surface area contributed by atoms with Gasteiger partial charge in [0.15, 0.2) is 0 Å². The van der Waals surface area contributed by atoms with Gasteiger partial charge in [-0.3, -0.25) is 4.79 Å². The van der Waals surface area contributed by atoms with Crippen molar-refractivity contribution in [2.24, 2.45) is 45.3 Å². The van der Waals surface area contributed by atoms with Crippen LogP contribution < -0.4 is 0 Å². The van der Waals surface area contributed by atoms with Crippen molar-refractivity contribution >= 4 is 5.97 Å². The molecule has 0 radical (unpaired) electrons. The van der Waals surface area contributed by atoms with E-state index in [1.54, 1.807) is 0 Å². The van der Waals surface area contributed by atoms with E-state index in [0.29, 0.717) is 37.0 Å². The van der Waals surface area contributed by atoms with Crippen molar-refractivity contribution in [2.75, 3.05) is 0 Å². The number of aliphatic hydroxyl groups excluding tert-OH is 1. The Hall–Kier alpha value is -0.870. The number of fused-ring (bicyclic) bond motifs is 5. The van der Waals surface area contributed by atoms with Gasteiger partial charge in [-0.2, -0.15) is 0 Å². The number of carbonyl (C=O) groups is 1. The molecule has 0 unspecified atom stereocenters. The van der Waals surface area contributed by atoms with Gasteiger partial charge >= 0.3 is 5.97 Å². The van der Waals surface area contributed by atoms with E-state index in [0.717, 1.165) is 37.7 Å². The summed E-state index contributed by atoms with van der Waals surface area (Å²) < 4.78 is 6.36. The Morgan fingerprint density at radius 1 is 0.812 bits per heavy atom. The highest BCUT2D eigenvalue weighted by molar-refractivity contribution is 5.69. The molecule has 0 spiro atoms. The van der Waals surface area contributed by atoms with Crippen LogP contribution in [-0.2, 0) is 9.53 Å². The minimum atomic E-state index is -0.763. The maximum atomic E-state index is 13.1. The molecule has 0 aromatic rings. The van der Waals surface area contributed by atoms with E-state index < -0.39 is 11.7 Å². The first-order valence-corrected chi connectivity index (χ1v) is 20.8. The number of aliphatic hydroxyl groups is 2. The number of unbranched alkanes of at least 4 members (excludes halogenated alkanes) is 10. The van der Waals surface area contributed by atoms with Crippen LogP contribution >= 0.6 is 0 Å². The van der Waals surface area contributed by atoms with E-state index in [1.807, 2.05) is 13.8 Å². The molecular formula is C44H78O4. The Labute approximate surface area is 297 Å². The third-order valence-corrected chi connectivity index (χ3v) is 15.9. The van der Waals surface area contributed by atoms with Crippen LogP contribution in [0.3, 0.4) is 0 Å². The average Bonchev–Trinajstić information content (AvgIpc) is 3.39. The van der Waals surface area contributed by atoms with E-state index in [1.165, 1.54) is 89.9 Å². The van der Waals surface area contributed by atoms with Crippen molar-refractivity contribution in [1.29, 1.82) is 0 Å². The molecule has 0 bridgehead atoms. The van der Waals surface area contributed by atoms with Crippen LogP contribution in [0, 0.1) is 45.3 Å². The fourth-order valence-corrected chi connectivity index (χ4v) is 12.7. The van der Waals surface area contributed by atoms with Crippen LogP contribution in [0.2, 0.25) is 0 Å². The maximum Gasteiger partial charge on any atom is 0.306 e.